The SMILES string of the molecule is COc1cc(/C=C/C(=O)NNC(=O)[C@H](C)Oc2ccc(F)cc2)cc(OC)c1. The lowest BCUT2D eigenvalue weighted by atomic mass is 10.2. The van der Waals surface area contributed by atoms with Gasteiger partial charge in [-0.15, -0.1) is 0 Å². The van der Waals surface area contributed by atoms with E-state index in [1.54, 1.807) is 24.3 Å². The number of halogens is 1. The molecule has 0 aliphatic rings. The van der Waals surface area contributed by atoms with E-state index in [-0.39, 0.29) is 0 Å². The van der Waals surface area contributed by atoms with Gasteiger partial charge in [-0.2, -0.15) is 0 Å². The quantitative estimate of drug-likeness (QED) is 0.562. The molecule has 0 bridgehead atoms. The molecule has 2 aromatic rings. The molecule has 8 heteroatoms. The molecule has 2 N–H and O–H groups in total. The molecule has 0 aliphatic heterocycles. The van der Waals surface area contributed by atoms with Crippen LogP contribution >= 0.6 is 0 Å². The van der Waals surface area contributed by atoms with E-state index >= 15 is 0 Å². The van der Waals surface area contributed by atoms with Crippen molar-refractivity contribution >= 4 is 17.9 Å². The fourth-order valence-corrected chi connectivity index (χ4v) is 2.13. The predicted molar refractivity (Wildman–Crippen MR) is 101 cm³/mol. The van der Waals surface area contributed by atoms with Gasteiger partial charge < -0.3 is 14.2 Å². The Labute approximate surface area is 162 Å². The van der Waals surface area contributed by atoms with E-state index in [1.807, 2.05) is 0 Å². The van der Waals surface area contributed by atoms with Gasteiger partial charge >= 0.3 is 0 Å². The molecule has 0 spiro atoms. The smallest absolute Gasteiger partial charge is 0.279 e. The maximum absolute atomic E-state index is 12.9. The highest BCUT2D eigenvalue weighted by Gasteiger charge is 2.15. The molecule has 28 heavy (non-hydrogen) atoms. The Morgan fingerprint density at radius 1 is 0.964 bits per heavy atom. The minimum Gasteiger partial charge on any atom is -0.497 e. The maximum atomic E-state index is 12.9. The molecule has 2 rings (SSSR count). The van der Waals surface area contributed by atoms with Crippen molar-refractivity contribution in [1.82, 2.24) is 10.9 Å². The van der Waals surface area contributed by atoms with Crippen molar-refractivity contribution in [2.75, 3.05) is 14.2 Å². The number of methoxy groups -OCH3 is 2. The second kappa shape index (κ2) is 9.96. The van der Waals surface area contributed by atoms with Crippen LogP contribution in [0, 0.1) is 5.82 Å². The van der Waals surface area contributed by atoms with Crippen LogP contribution in [0.4, 0.5) is 4.39 Å². The Kier molecular flexibility index (Phi) is 7.38. The van der Waals surface area contributed by atoms with Gasteiger partial charge in [-0.25, -0.2) is 4.39 Å². The molecule has 1 atom stereocenters. The summed E-state index contributed by atoms with van der Waals surface area (Å²) in [6.07, 6.45) is 1.91. The minimum atomic E-state index is -0.891. The van der Waals surface area contributed by atoms with E-state index in [0.29, 0.717) is 22.8 Å². The monoisotopic (exact) mass is 388 g/mol. The van der Waals surface area contributed by atoms with Crippen LogP contribution in [-0.4, -0.2) is 32.1 Å². The van der Waals surface area contributed by atoms with Gasteiger partial charge in [0.2, 0.25) is 0 Å². The lowest BCUT2D eigenvalue weighted by Gasteiger charge is -2.14. The standard InChI is InChI=1S/C20H21FN2O5/c1-13(28-16-7-5-15(21)6-8-16)20(25)23-22-19(24)9-4-14-10-17(26-2)12-18(11-14)27-3/h4-13H,1-3H3,(H,22,24)(H,23,25)/b9-4+/t13-/m0/s1. The summed E-state index contributed by atoms with van der Waals surface area (Å²) in [5.41, 5.74) is 5.20. The summed E-state index contributed by atoms with van der Waals surface area (Å²) in [6, 6.07) is 10.4. The summed E-state index contributed by atoms with van der Waals surface area (Å²) in [5.74, 6) is -0.00314. The Balaban J connectivity index is 1.86. The lowest BCUT2D eigenvalue weighted by Crippen LogP contribution is -2.46. The van der Waals surface area contributed by atoms with E-state index in [2.05, 4.69) is 10.9 Å². The van der Waals surface area contributed by atoms with Crippen LogP contribution in [0.3, 0.4) is 0 Å². The topological polar surface area (TPSA) is 85.9 Å². The van der Waals surface area contributed by atoms with E-state index < -0.39 is 23.7 Å². The van der Waals surface area contributed by atoms with Gasteiger partial charge in [0.05, 0.1) is 14.2 Å². The molecule has 2 amide bonds. The van der Waals surface area contributed by atoms with Crippen molar-refractivity contribution in [3.63, 3.8) is 0 Å². The van der Waals surface area contributed by atoms with Crippen molar-refractivity contribution in [2.24, 2.45) is 0 Å². The molecule has 0 fully saturated rings. The van der Waals surface area contributed by atoms with Crippen LogP contribution in [0.1, 0.15) is 12.5 Å². The second-order valence-corrected chi connectivity index (χ2v) is 5.67. The fraction of sp³-hybridized carbons (Fsp3) is 0.200. The van der Waals surface area contributed by atoms with Gasteiger partial charge in [0.15, 0.2) is 6.10 Å². The highest BCUT2D eigenvalue weighted by Crippen LogP contribution is 2.23. The van der Waals surface area contributed by atoms with Gasteiger partial charge in [0, 0.05) is 12.1 Å². The fourth-order valence-electron chi connectivity index (χ4n) is 2.13. The van der Waals surface area contributed by atoms with E-state index in [0.717, 1.165) is 0 Å². The summed E-state index contributed by atoms with van der Waals surface area (Å²) in [4.78, 5) is 23.9. The number of ether oxygens (including phenoxy) is 3. The van der Waals surface area contributed by atoms with E-state index in [4.69, 9.17) is 14.2 Å². The minimum absolute atomic E-state index is 0.335. The van der Waals surface area contributed by atoms with Gasteiger partial charge in [-0.3, -0.25) is 20.4 Å². The van der Waals surface area contributed by atoms with Crippen molar-refractivity contribution in [3.05, 3.63) is 59.9 Å². The zero-order valence-electron chi connectivity index (χ0n) is 15.7. The molecule has 0 heterocycles. The molecule has 0 aliphatic carbocycles. The van der Waals surface area contributed by atoms with Crippen molar-refractivity contribution in [2.45, 2.75) is 13.0 Å². The molecule has 0 radical (unpaired) electrons. The highest BCUT2D eigenvalue weighted by molar-refractivity contribution is 5.93. The molecular formula is C20H21FN2O5. The van der Waals surface area contributed by atoms with Gasteiger partial charge in [-0.1, -0.05) is 0 Å². The third-order valence-electron chi connectivity index (χ3n) is 3.61. The third-order valence-corrected chi connectivity index (χ3v) is 3.61. The Morgan fingerprint density at radius 3 is 2.14 bits per heavy atom. The molecule has 0 saturated heterocycles. The normalized spacial score (nSPS) is 11.6. The molecule has 0 aromatic heterocycles. The molecule has 2 aromatic carbocycles. The zero-order valence-corrected chi connectivity index (χ0v) is 15.7. The number of nitrogens with one attached hydrogen (secondary N) is 2. The summed E-state index contributed by atoms with van der Waals surface area (Å²) < 4.78 is 28.6. The first-order chi connectivity index (χ1) is 13.4. The first-order valence-electron chi connectivity index (χ1n) is 8.34. The Hall–Kier alpha value is -3.55. The first kappa shape index (κ1) is 20.8. The number of hydrogen-bond donors (Lipinski definition) is 2. The van der Waals surface area contributed by atoms with Gasteiger partial charge in [0.1, 0.15) is 23.1 Å². The molecular weight excluding hydrogens is 367 g/mol. The summed E-state index contributed by atoms with van der Waals surface area (Å²) >= 11 is 0. The molecule has 148 valence electrons. The van der Waals surface area contributed by atoms with E-state index in [9.17, 15) is 14.0 Å². The summed E-state index contributed by atoms with van der Waals surface area (Å²) in [6.45, 7) is 1.50. The number of rotatable bonds is 7. The number of hydrazine groups is 1. The number of carbonyl (C=O) groups is 2. The number of carbonyl (C=O) groups excluding carboxylic acids is 2. The third kappa shape index (κ3) is 6.31. The average molecular weight is 388 g/mol. The molecule has 0 unspecified atom stereocenters. The maximum Gasteiger partial charge on any atom is 0.279 e. The van der Waals surface area contributed by atoms with Crippen LogP contribution in [0.2, 0.25) is 0 Å². The first-order valence-corrected chi connectivity index (χ1v) is 8.34. The van der Waals surface area contributed by atoms with Crippen LogP contribution in [0.25, 0.3) is 6.08 Å². The number of amides is 2. The Morgan fingerprint density at radius 2 is 1.57 bits per heavy atom. The molecule has 7 nitrogen and oxygen atoms in total. The van der Waals surface area contributed by atoms with E-state index in [1.165, 1.54) is 51.5 Å². The average Bonchev–Trinajstić information content (AvgIpc) is 2.71. The largest absolute Gasteiger partial charge is 0.497 e. The summed E-state index contributed by atoms with van der Waals surface area (Å²) in [7, 11) is 3.05. The Bertz CT molecular complexity index is 830. The van der Waals surface area contributed by atoms with Crippen molar-refractivity contribution in [3.8, 4) is 17.2 Å². The highest BCUT2D eigenvalue weighted by atomic mass is 19.1. The van der Waals surface area contributed by atoms with Crippen LogP contribution in [0.5, 0.6) is 17.2 Å². The lowest BCUT2D eigenvalue weighted by molar-refractivity contribution is -0.131. The number of benzene rings is 2. The predicted octanol–water partition coefficient (Wildman–Crippen LogP) is 2.47. The van der Waals surface area contributed by atoms with Gasteiger partial charge in [0.25, 0.3) is 11.8 Å². The molecule has 0 saturated carbocycles. The summed E-state index contributed by atoms with van der Waals surface area (Å²) in [5, 5.41) is 0. The van der Waals surface area contributed by atoms with Crippen molar-refractivity contribution in [1.29, 1.82) is 0 Å². The van der Waals surface area contributed by atoms with Crippen LogP contribution < -0.4 is 25.1 Å². The van der Waals surface area contributed by atoms with Crippen LogP contribution in [-0.2, 0) is 9.59 Å². The van der Waals surface area contributed by atoms with Crippen molar-refractivity contribution < 1.29 is 28.2 Å². The van der Waals surface area contributed by atoms with Crippen LogP contribution in [0.15, 0.2) is 48.5 Å². The number of hydrogen-bond acceptors (Lipinski definition) is 5. The zero-order chi connectivity index (χ0) is 20.5. The second-order valence-electron chi connectivity index (χ2n) is 5.67. The van der Waals surface area contributed by atoms with Gasteiger partial charge in [-0.05, 0) is 55.0 Å².